The lowest BCUT2D eigenvalue weighted by Gasteiger charge is -2.12. The zero-order valence-corrected chi connectivity index (χ0v) is 11.8. The van der Waals surface area contributed by atoms with Crippen molar-refractivity contribution in [1.82, 2.24) is 4.98 Å². The Bertz CT molecular complexity index is 784. The summed E-state index contributed by atoms with van der Waals surface area (Å²) in [6.07, 6.45) is 0. The summed E-state index contributed by atoms with van der Waals surface area (Å²) in [7, 11) is 0. The van der Waals surface area contributed by atoms with E-state index in [-0.39, 0.29) is 0 Å². The molecule has 100 valence electrons. The zero-order chi connectivity index (χ0) is 14.1. The number of benzene rings is 2. The van der Waals surface area contributed by atoms with Crippen molar-refractivity contribution >= 4 is 39.6 Å². The Hall–Kier alpha value is -2.26. The molecule has 1 aromatic heterocycles. The SMILES string of the molecule is Cc1cc(Nc2ccccc2Cl)c2cc(N)ccc2n1. The summed E-state index contributed by atoms with van der Waals surface area (Å²) < 4.78 is 0. The molecular weight excluding hydrogens is 270 g/mol. The van der Waals surface area contributed by atoms with E-state index >= 15 is 0 Å². The smallest absolute Gasteiger partial charge is 0.0727 e. The average Bonchev–Trinajstić information content (AvgIpc) is 2.42. The van der Waals surface area contributed by atoms with Crippen LogP contribution in [0.3, 0.4) is 0 Å². The van der Waals surface area contributed by atoms with Gasteiger partial charge in [-0.2, -0.15) is 0 Å². The van der Waals surface area contributed by atoms with Crippen LogP contribution < -0.4 is 11.1 Å². The normalized spacial score (nSPS) is 10.7. The minimum atomic E-state index is 0.680. The van der Waals surface area contributed by atoms with Gasteiger partial charge in [0.15, 0.2) is 0 Å². The summed E-state index contributed by atoms with van der Waals surface area (Å²) in [6, 6.07) is 15.3. The van der Waals surface area contributed by atoms with Crippen molar-refractivity contribution in [3.8, 4) is 0 Å². The maximum atomic E-state index is 6.19. The predicted octanol–water partition coefficient (Wildman–Crippen LogP) is 4.52. The van der Waals surface area contributed by atoms with Crippen molar-refractivity contribution in [3.63, 3.8) is 0 Å². The molecule has 0 aliphatic heterocycles. The molecule has 20 heavy (non-hydrogen) atoms. The third-order valence-corrected chi connectivity index (χ3v) is 3.43. The largest absolute Gasteiger partial charge is 0.399 e. The Labute approximate surface area is 122 Å². The highest BCUT2D eigenvalue weighted by Crippen LogP contribution is 2.30. The second-order valence-electron chi connectivity index (χ2n) is 4.69. The summed E-state index contributed by atoms with van der Waals surface area (Å²) in [5.41, 5.74) is 10.3. The maximum absolute atomic E-state index is 6.19. The van der Waals surface area contributed by atoms with Gasteiger partial charge in [0.25, 0.3) is 0 Å². The number of hydrogen-bond donors (Lipinski definition) is 2. The fraction of sp³-hybridized carbons (Fsp3) is 0.0625. The molecule has 0 fully saturated rings. The van der Waals surface area contributed by atoms with Crippen molar-refractivity contribution < 1.29 is 0 Å². The summed E-state index contributed by atoms with van der Waals surface area (Å²) >= 11 is 6.19. The van der Waals surface area contributed by atoms with E-state index in [0.717, 1.165) is 28.0 Å². The molecule has 0 saturated carbocycles. The van der Waals surface area contributed by atoms with Gasteiger partial charge in [-0.25, -0.2) is 0 Å². The predicted molar refractivity (Wildman–Crippen MR) is 85.6 cm³/mol. The molecule has 3 nitrogen and oxygen atoms in total. The summed E-state index contributed by atoms with van der Waals surface area (Å²) in [5.74, 6) is 0. The molecule has 3 N–H and O–H groups in total. The van der Waals surface area contributed by atoms with Gasteiger partial charge in [-0.15, -0.1) is 0 Å². The highest BCUT2D eigenvalue weighted by molar-refractivity contribution is 6.33. The Morgan fingerprint density at radius 2 is 1.85 bits per heavy atom. The Morgan fingerprint density at radius 3 is 2.65 bits per heavy atom. The van der Waals surface area contributed by atoms with Crippen LogP contribution in [0.25, 0.3) is 10.9 Å². The van der Waals surface area contributed by atoms with Crippen LogP contribution in [0.2, 0.25) is 5.02 Å². The van der Waals surface area contributed by atoms with Gasteiger partial charge in [0, 0.05) is 22.5 Å². The van der Waals surface area contributed by atoms with E-state index in [2.05, 4.69) is 10.3 Å². The van der Waals surface area contributed by atoms with Crippen LogP contribution in [0.15, 0.2) is 48.5 Å². The molecule has 3 rings (SSSR count). The first-order valence-electron chi connectivity index (χ1n) is 6.32. The van der Waals surface area contributed by atoms with Crippen molar-refractivity contribution in [2.45, 2.75) is 6.92 Å². The Kier molecular flexibility index (Phi) is 3.20. The second-order valence-corrected chi connectivity index (χ2v) is 5.10. The number of hydrogen-bond acceptors (Lipinski definition) is 3. The van der Waals surface area contributed by atoms with Gasteiger partial charge in [0.1, 0.15) is 0 Å². The molecule has 0 bridgehead atoms. The van der Waals surface area contributed by atoms with E-state index in [0.29, 0.717) is 10.7 Å². The quantitative estimate of drug-likeness (QED) is 0.680. The van der Waals surface area contributed by atoms with E-state index in [1.54, 1.807) is 0 Å². The van der Waals surface area contributed by atoms with E-state index in [1.807, 2.05) is 55.5 Å². The minimum Gasteiger partial charge on any atom is -0.399 e. The monoisotopic (exact) mass is 283 g/mol. The number of nitrogens with two attached hydrogens (primary N) is 1. The van der Waals surface area contributed by atoms with E-state index in [1.165, 1.54) is 0 Å². The topological polar surface area (TPSA) is 50.9 Å². The standard InChI is InChI=1S/C16H14ClN3/c1-10-8-16(20-15-5-3-2-4-13(15)17)12-9-11(18)6-7-14(12)19-10/h2-9H,18H2,1H3,(H,19,20). The van der Waals surface area contributed by atoms with Gasteiger partial charge in [0.05, 0.1) is 16.2 Å². The molecule has 0 aliphatic carbocycles. The van der Waals surface area contributed by atoms with Crippen LogP contribution in [0.4, 0.5) is 17.1 Å². The Morgan fingerprint density at radius 1 is 1.05 bits per heavy atom. The van der Waals surface area contributed by atoms with Crippen LogP contribution in [-0.4, -0.2) is 4.98 Å². The number of anilines is 3. The number of pyridine rings is 1. The van der Waals surface area contributed by atoms with E-state index < -0.39 is 0 Å². The van der Waals surface area contributed by atoms with Crippen LogP contribution in [-0.2, 0) is 0 Å². The lowest BCUT2D eigenvalue weighted by Crippen LogP contribution is -1.96. The van der Waals surface area contributed by atoms with Crippen molar-refractivity contribution in [1.29, 1.82) is 0 Å². The number of nitrogens with zero attached hydrogens (tertiary/aromatic N) is 1. The van der Waals surface area contributed by atoms with Crippen LogP contribution in [0, 0.1) is 6.92 Å². The average molecular weight is 284 g/mol. The number of halogens is 1. The molecule has 3 aromatic rings. The fourth-order valence-electron chi connectivity index (χ4n) is 2.19. The van der Waals surface area contributed by atoms with Crippen molar-refractivity contribution in [2.24, 2.45) is 0 Å². The number of rotatable bonds is 2. The third kappa shape index (κ3) is 2.40. The first-order valence-corrected chi connectivity index (χ1v) is 6.70. The number of aryl methyl sites for hydroxylation is 1. The highest BCUT2D eigenvalue weighted by Gasteiger charge is 2.06. The number of aromatic nitrogens is 1. The summed E-state index contributed by atoms with van der Waals surface area (Å²) in [5, 5.41) is 5.02. The fourth-order valence-corrected chi connectivity index (χ4v) is 2.37. The van der Waals surface area contributed by atoms with E-state index in [4.69, 9.17) is 17.3 Å². The lowest BCUT2D eigenvalue weighted by atomic mass is 10.1. The molecule has 0 saturated heterocycles. The number of fused-ring (bicyclic) bond motifs is 1. The molecule has 2 aromatic carbocycles. The van der Waals surface area contributed by atoms with Gasteiger partial charge in [-0.05, 0) is 43.3 Å². The molecule has 0 radical (unpaired) electrons. The van der Waals surface area contributed by atoms with Crippen LogP contribution in [0.5, 0.6) is 0 Å². The molecular formula is C16H14ClN3. The van der Waals surface area contributed by atoms with Crippen molar-refractivity contribution in [2.75, 3.05) is 11.1 Å². The number of para-hydroxylation sites is 1. The Balaban J connectivity index is 2.15. The zero-order valence-electron chi connectivity index (χ0n) is 11.0. The third-order valence-electron chi connectivity index (χ3n) is 3.10. The molecule has 1 heterocycles. The molecule has 0 amide bonds. The first kappa shape index (κ1) is 12.8. The second kappa shape index (κ2) is 5.02. The molecule has 0 spiro atoms. The molecule has 0 atom stereocenters. The molecule has 4 heteroatoms. The van der Waals surface area contributed by atoms with E-state index in [9.17, 15) is 0 Å². The minimum absolute atomic E-state index is 0.680. The lowest BCUT2D eigenvalue weighted by molar-refractivity contribution is 1.25. The summed E-state index contributed by atoms with van der Waals surface area (Å²) in [4.78, 5) is 4.51. The molecule has 0 unspecified atom stereocenters. The van der Waals surface area contributed by atoms with Gasteiger partial charge < -0.3 is 11.1 Å². The number of nitrogens with one attached hydrogen (secondary N) is 1. The first-order chi connectivity index (χ1) is 9.63. The summed E-state index contributed by atoms with van der Waals surface area (Å²) in [6.45, 7) is 1.97. The van der Waals surface area contributed by atoms with Gasteiger partial charge in [-0.3, -0.25) is 4.98 Å². The maximum Gasteiger partial charge on any atom is 0.0727 e. The van der Waals surface area contributed by atoms with Gasteiger partial charge >= 0.3 is 0 Å². The van der Waals surface area contributed by atoms with Crippen LogP contribution >= 0.6 is 11.6 Å². The highest BCUT2D eigenvalue weighted by atomic mass is 35.5. The molecule has 0 aliphatic rings. The van der Waals surface area contributed by atoms with Crippen LogP contribution in [0.1, 0.15) is 5.69 Å². The van der Waals surface area contributed by atoms with Gasteiger partial charge in [-0.1, -0.05) is 23.7 Å². The number of nitrogen functional groups attached to an aromatic ring is 1. The van der Waals surface area contributed by atoms with Gasteiger partial charge in [0.2, 0.25) is 0 Å². The van der Waals surface area contributed by atoms with Crippen molar-refractivity contribution in [3.05, 3.63) is 59.2 Å².